The maximum absolute atomic E-state index is 11.9. The molecule has 1 aromatic heterocycles. The fourth-order valence-corrected chi connectivity index (χ4v) is 1.58. The number of aromatic nitrogens is 1. The van der Waals surface area contributed by atoms with Crippen molar-refractivity contribution in [1.29, 1.82) is 5.41 Å². The zero-order valence-electron chi connectivity index (χ0n) is 9.32. The van der Waals surface area contributed by atoms with E-state index in [2.05, 4.69) is 4.98 Å². The van der Waals surface area contributed by atoms with Crippen molar-refractivity contribution in [1.82, 2.24) is 9.88 Å². The predicted molar refractivity (Wildman–Crippen MR) is 66.7 cm³/mol. The van der Waals surface area contributed by atoms with E-state index < -0.39 is 0 Å². The van der Waals surface area contributed by atoms with Gasteiger partial charge in [-0.05, 0) is 12.1 Å². The van der Waals surface area contributed by atoms with Crippen LogP contribution in [0.5, 0.6) is 0 Å². The third-order valence-corrected chi connectivity index (χ3v) is 2.58. The second-order valence-corrected chi connectivity index (χ2v) is 3.74. The molecule has 0 fully saturated rings. The smallest absolute Gasteiger partial charge is 0.276 e. The summed E-state index contributed by atoms with van der Waals surface area (Å²) in [5.41, 5.74) is 12.7. The Kier molecular flexibility index (Phi) is 2.47. The van der Waals surface area contributed by atoms with Gasteiger partial charge in [0.15, 0.2) is 5.96 Å². The lowest BCUT2D eigenvalue weighted by atomic mass is 10.2. The van der Waals surface area contributed by atoms with Gasteiger partial charge >= 0.3 is 0 Å². The Morgan fingerprint density at radius 1 is 1.47 bits per heavy atom. The van der Waals surface area contributed by atoms with Crippen LogP contribution in [-0.2, 0) is 0 Å². The van der Waals surface area contributed by atoms with Crippen LogP contribution in [0.1, 0.15) is 10.5 Å². The monoisotopic (exact) mass is 231 g/mol. The number of fused-ring (bicyclic) bond motifs is 1. The molecule has 88 valence electrons. The molecule has 1 heterocycles. The molecule has 2 rings (SSSR count). The summed E-state index contributed by atoms with van der Waals surface area (Å²) in [6.45, 7) is 0. The minimum absolute atomic E-state index is 0.304. The fourth-order valence-electron chi connectivity index (χ4n) is 1.58. The molecule has 0 saturated heterocycles. The van der Waals surface area contributed by atoms with E-state index in [4.69, 9.17) is 16.9 Å². The number of para-hydroxylation sites is 1. The minimum atomic E-state index is -0.367. The van der Waals surface area contributed by atoms with Crippen molar-refractivity contribution in [3.05, 3.63) is 30.0 Å². The molecular formula is C11H13N5O. The van der Waals surface area contributed by atoms with Gasteiger partial charge in [-0.25, -0.2) is 0 Å². The molecule has 0 saturated carbocycles. The molecular weight excluding hydrogens is 218 g/mol. The van der Waals surface area contributed by atoms with E-state index in [1.54, 1.807) is 12.1 Å². The number of nitrogens with two attached hydrogens (primary N) is 2. The normalized spacial score (nSPS) is 10.4. The zero-order valence-corrected chi connectivity index (χ0v) is 9.32. The van der Waals surface area contributed by atoms with Gasteiger partial charge in [0.2, 0.25) is 0 Å². The Hall–Kier alpha value is -2.50. The van der Waals surface area contributed by atoms with Gasteiger partial charge in [-0.2, -0.15) is 0 Å². The van der Waals surface area contributed by atoms with Gasteiger partial charge in [-0.3, -0.25) is 15.1 Å². The van der Waals surface area contributed by atoms with Gasteiger partial charge in [0, 0.05) is 12.4 Å². The zero-order chi connectivity index (χ0) is 12.6. The summed E-state index contributed by atoms with van der Waals surface area (Å²) >= 11 is 0. The van der Waals surface area contributed by atoms with Gasteiger partial charge in [0.05, 0.1) is 11.2 Å². The lowest BCUT2D eigenvalue weighted by Gasteiger charge is -2.12. The summed E-state index contributed by atoms with van der Waals surface area (Å²) in [7, 11) is 1.44. The quantitative estimate of drug-likeness (QED) is 0.329. The Morgan fingerprint density at radius 2 is 2.18 bits per heavy atom. The number of H-pyrrole nitrogens is 1. The number of anilines is 1. The number of benzene rings is 1. The van der Waals surface area contributed by atoms with Crippen molar-refractivity contribution in [2.75, 3.05) is 12.8 Å². The van der Waals surface area contributed by atoms with E-state index in [1.165, 1.54) is 7.05 Å². The number of aromatic amines is 1. The summed E-state index contributed by atoms with van der Waals surface area (Å²) in [5.74, 6) is -0.672. The van der Waals surface area contributed by atoms with Crippen LogP contribution in [0.4, 0.5) is 5.69 Å². The topological polar surface area (TPSA) is 112 Å². The summed E-state index contributed by atoms with van der Waals surface area (Å²) in [6, 6.07) is 7.11. The Morgan fingerprint density at radius 3 is 2.76 bits per heavy atom. The Labute approximate surface area is 97.7 Å². The van der Waals surface area contributed by atoms with Crippen LogP contribution in [0.2, 0.25) is 0 Å². The second-order valence-electron chi connectivity index (χ2n) is 3.74. The molecule has 0 bridgehead atoms. The minimum Gasteiger partial charge on any atom is -0.397 e. The number of nitrogens with one attached hydrogen (secondary N) is 2. The van der Waals surface area contributed by atoms with Gasteiger partial charge in [0.1, 0.15) is 5.69 Å². The predicted octanol–water partition coefficient (Wildman–Crippen LogP) is 0.716. The van der Waals surface area contributed by atoms with Crippen LogP contribution < -0.4 is 11.5 Å². The number of nitrogens with zero attached hydrogens (tertiary/aromatic N) is 1. The van der Waals surface area contributed by atoms with E-state index in [1.807, 2.05) is 12.1 Å². The molecule has 0 aliphatic carbocycles. The van der Waals surface area contributed by atoms with Crippen molar-refractivity contribution in [3.63, 3.8) is 0 Å². The number of carbonyl (C=O) groups is 1. The molecule has 6 heteroatoms. The largest absolute Gasteiger partial charge is 0.397 e. The van der Waals surface area contributed by atoms with Gasteiger partial charge in [-0.1, -0.05) is 12.1 Å². The van der Waals surface area contributed by atoms with Crippen molar-refractivity contribution in [2.45, 2.75) is 0 Å². The highest BCUT2D eigenvalue weighted by atomic mass is 16.2. The van der Waals surface area contributed by atoms with Crippen LogP contribution >= 0.6 is 0 Å². The van der Waals surface area contributed by atoms with Crippen LogP contribution in [0, 0.1) is 5.41 Å². The molecule has 1 amide bonds. The molecule has 0 radical (unpaired) electrons. The van der Waals surface area contributed by atoms with E-state index in [0.717, 1.165) is 10.3 Å². The van der Waals surface area contributed by atoms with E-state index in [0.29, 0.717) is 16.9 Å². The third-order valence-electron chi connectivity index (χ3n) is 2.58. The van der Waals surface area contributed by atoms with Crippen molar-refractivity contribution >= 4 is 28.5 Å². The molecule has 0 aliphatic rings. The number of hydrogen-bond donors (Lipinski definition) is 4. The summed E-state index contributed by atoms with van der Waals surface area (Å²) in [4.78, 5) is 15.9. The summed E-state index contributed by atoms with van der Waals surface area (Å²) < 4.78 is 0. The lowest BCUT2D eigenvalue weighted by Crippen LogP contribution is -2.38. The maximum atomic E-state index is 11.9. The SMILES string of the molecule is CN(C(=N)N)C(=O)c1cc2cccc(N)c2[nH]1. The fraction of sp³-hybridized carbons (Fsp3) is 0.0909. The number of amides is 1. The van der Waals surface area contributed by atoms with Crippen molar-refractivity contribution < 1.29 is 4.79 Å². The lowest BCUT2D eigenvalue weighted by molar-refractivity contribution is 0.0864. The molecule has 0 unspecified atom stereocenters. The number of carbonyl (C=O) groups excluding carboxylic acids is 1. The molecule has 2 aromatic rings. The molecule has 6 nitrogen and oxygen atoms in total. The number of rotatable bonds is 1. The van der Waals surface area contributed by atoms with Gasteiger partial charge < -0.3 is 16.5 Å². The highest BCUT2D eigenvalue weighted by Crippen LogP contribution is 2.21. The van der Waals surface area contributed by atoms with Crippen LogP contribution in [0.3, 0.4) is 0 Å². The molecule has 6 N–H and O–H groups in total. The maximum Gasteiger partial charge on any atom is 0.276 e. The second kappa shape index (κ2) is 3.82. The number of hydrogen-bond acceptors (Lipinski definition) is 3. The van der Waals surface area contributed by atoms with E-state index in [9.17, 15) is 4.79 Å². The number of nitrogen functional groups attached to an aromatic ring is 1. The third kappa shape index (κ3) is 1.80. The van der Waals surface area contributed by atoms with Crippen molar-refractivity contribution in [2.24, 2.45) is 5.73 Å². The van der Waals surface area contributed by atoms with Crippen molar-refractivity contribution in [3.8, 4) is 0 Å². The molecule has 17 heavy (non-hydrogen) atoms. The summed E-state index contributed by atoms with van der Waals surface area (Å²) in [5, 5.41) is 8.05. The van der Waals surface area contributed by atoms with Crippen LogP contribution in [0.25, 0.3) is 10.9 Å². The van der Waals surface area contributed by atoms with Gasteiger partial charge in [0.25, 0.3) is 5.91 Å². The molecule has 0 spiro atoms. The molecule has 0 atom stereocenters. The first-order chi connectivity index (χ1) is 8.00. The standard InChI is InChI=1S/C11H13N5O/c1-16(11(13)14)10(17)8-5-6-3-2-4-7(12)9(6)15-8/h2-5,15H,12H2,1H3,(H3,13,14). The Bertz CT molecular complexity index is 601. The number of guanidine groups is 1. The molecule has 0 aliphatic heterocycles. The van der Waals surface area contributed by atoms with E-state index in [-0.39, 0.29) is 11.9 Å². The first-order valence-corrected chi connectivity index (χ1v) is 5.00. The van der Waals surface area contributed by atoms with Gasteiger partial charge in [-0.15, -0.1) is 0 Å². The highest BCUT2D eigenvalue weighted by Gasteiger charge is 2.16. The first kappa shape index (κ1) is 11.0. The Balaban J connectivity index is 2.47. The molecule has 1 aromatic carbocycles. The van der Waals surface area contributed by atoms with Crippen LogP contribution in [-0.4, -0.2) is 28.8 Å². The summed E-state index contributed by atoms with van der Waals surface area (Å²) in [6.07, 6.45) is 0. The first-order valence-electron chi connectivity index (χ1n) is 5.00. The highest BCUT2D eigenvalue weighted by molar-refractivity contribution is 6.06. The van der Waals surface area contributed by atoms with E-state index >= 15 is 0 Å². The van der Waals surface area contributed by atoms with Crippen LogP contribution in [0.15, 0.2) is 24.3 Å². The average molecular weight is 231 g/mol. The average Bonchev–Trinajstić information content (AvgIpc) is 2.72.